The molecule has 1 aromatic rings. The van der Waals surface area contributed by atoms with E-state index in [0.29, 0.717) is 5.75 Å². The minimum atomic E-state index is -0.285. The first-order valence-corrected chi connectivity index (χ1v) is 6.51. The normalized spacial score (nSPS) is 10.8. The number of hydrogen-bond donors (Lipinski definition) is 5. The first kappa shape index (κ1) is 21.2. The Kier molecular flexibility index (Phi) is 10.3. The van der Waals surface area contributed by atoms with Gasteiger partial charge in [-0.3, -0.25) is 0 Å². The summed E-state index contributed by atoms with van der Waals surface area (Å²) in [4.78, 5) is 0. The van der Waals surface area contributed by atoms with Crippen molar-refractivity contribution in [3.63, 3.8) is 0 Å². The molecule has 1 rings (SSSR count). The molecule has 0 spiro atoms. The van der Waals surface area contributed by atoms with E-state index in [1.165, 1.54) is 0 Å². The van der Waals surface area contributed by atoms with Crippen molar-refractivity contribution in [3.8, 4) is 5.75 Å². The lowest BCUT2D eigenvalue weighted by atomic mass is 9.85. The van der Waals surface area contributed by atoms with Crippen LogP contribution >= 0.6 is 0 Å². The van der Waals surface area contributed by atoms with Crippen molar-refractivity contribution in [3.05, 3.63) is 29.8 Å². The summed E-state index contributed by atoms with van der Waals surface area (Å²) >= 11 is 0. The Bertz CT molecular complexity index is 320. The molecule has 20 heavy (non-hydrogen) atoms. The summed E-state index contributed by atoms with van der Waals surface area (Å²) in [6.45, 7) is 9.31. The Balaban J connectivity index is 0. The Morgan fingerprint density at radius 3 is 1.40 bits per heavy atom. The molecule has 0 bridgehead atoms. The zero-order valence-corrected chi connectivity index (χ0v) is 13.2. The van der Waals surface area contributed by atoms with Crippen LogP contribution in [0.25, 0.3) is 0 Å². The van der Waals surface area contributed by atoms with Crippen LogP contribution in [0.1, 0.15) is 33.3 Å². The van der Waals surface area contributed by atoms with Gasteiger partial charge in [0.2, 0.25) is 0 Å². The van der Waals surface area contributed by atoms with Gasteiger partial charge in [0.05, 0.1) is 13.2 Å². The van der Waals surface area contributed by atoms with E-state index in [0.717, 1.165) is 5.56 Å². The largest absolute Gasteiger partial charge is 0.508 e. The zero-order valence-electron chi connectivity index (χ0n) is 13.2. The number of phenolic OH excluding ortho intramolecular Hbond substituents is 1. The number of benzene rings is 1. The van der Waals surface area contributed by atoms with E-state index in [-0.39, 0.29) is 24.3 Å². The number of aliphatic hydroxyl groups is 2. The fourth-order valence-corrected chi connectivity index (χ4v) is 0.563. The number of nitrogens with two attached hydrogens (primary N) is 2. The molecule has 1 aromatic carbocycles. The highest BCUT2D eigenvalue weighted by Gasteiger charge is 2.28. The summed E-state index contributed by atoms with van der Waals surface area (Å²) in [6, 6.07) is 7.25. The van der Waals surface area contributed by atoms with Crippen molar-refractivity contribution in [2.75, 3.05) is 13.2 Å². The lowest BCUT2D eigenvalue weighted by Gasteiger charge is -2.34. The average molecular weight is 286 g/mol. The highest BCUT2D eigenvalue weighted by atomic mass is 16.3. The maximum absolute atomic E-state index is 8.92. The third-order valence-corrected chi connectivity index (χ3v) is 2.88. The van der Waals surface area contributed by atoms with Crippen molar-refractivity contribution < 1.29 is 15.3 Å². The monoisotopic (exact) mass is 286 g/mol. The molecular weight excluding hydrogens is 256 g/mol. The average Bonchev–Trinajstić information content (AvgIpc) is 2.31. The molecule has 0 saturated heterocycles. The molecule has 0 aliphatic rings. The second-order valence-corrected chi connectivity index (χ2v) is 5.68. The molecular formula is C15H30N2O3. The van der Waals surface area contributed by atoms with Crippen LogP contribution < -0.4 is 11.5 Å². The maximum Gasteiger partial charge on any atom is 0.118 e. The van der Waals surface area contributed by atoms with Gasteiger partial charge in [0, 0.05) is 11.1 Å². The predicted molar refractivity (Wildman–Crippen MR) is 83.5 cm³/mol. The molecule has 0 fully saturated rings. The summed E-state index contributed by atoms with van der Waals surface area (Å²) < 4.78 is 0. The van der Waals surface area contributed by atoms with Crippen molar-refractivity contribution >= 4 is 0 Å². The van der Waals surface area contributed by atoms with Gasteiger partial charge in [-0.2, -0.15) is 0 Å². The molecule has 0 radical (unpaired) electrons. The number of aryl methyl sites for hydroxylation is 1. The van der Waals surface area contributed by atoms with Crippen LogP contribution in [0.3, 0.4) is 0 Å². The van der Waals surface area contributed by atoms with Crippen molar-refractivity contribution in [2.45, 2.75) is 45.7 Å². The van der Waals surface area contributed by atoms with Gasteiger partial charge in [-0.25, -0.2) is 0 Å². The number of aliphatic hydroxyl groups excluding tert-OH is 2. The summed E-state index contributed by atoms with van der Waals surface area (Å²) in [5.41, 5.74) is 11.7. The molecule has 0 aliphatic carbocycles. The van der Waals surface area contributed by atoms with E-state index in [1.54, 1.807) is 6.07 Å². The van der Waals surface area contributed by atoms with Gasteiger partial charge < -0.3 is 26.8 Å². The maximum atomic E-state index is 8.92. The molecule has 118 valence electrons. The number of aromatic hydroxyl groups is 1. The predicted octanol–water partition coefficient (Wildman–Crippen LogP) is 1.13. The molecule has 5 nitrogen and oxygen atoms in total. The molecule has 0 atom stereocenters. The van der Waals surface area contributed by atoms with E-state index in [1.807, 2.05) is 52.8 Å². The van der Waals surface area contributed by atoms with Crippen LogP contribution in [-0.2, 0) is 0 Å². The van der Waals surface area contributed by atoms with E-state index in [2.05, 4.69) is 0 Å². The van der Waals surface area contributed by atoms with Crippen LogP contribution in [0.4, 0.5) is 0 Å². The number of rotatable bonds is 2. The summed E-state index contributed by atoms with van der Waals surface area (Å²) in [5.74, 6) is 0.368. The third kappa shape index (κ3) is 10.8. The van der Waals surface area contributed by atoms with Crippen LogP contribution in [-0.4, -0.2) is 39.6 Å². The Morgan fingerprint density at radius 2 is 1.25 bits per heavy atom. The minimum Gasteiger partial charge on any atom is -0.508 e. The Hall–Kier alpha value is -1.14. The Labute approximate surface area is 122 Å². The van der Waals surface area contributed by atoms with Gasteiger partial charge in [-0.15, -0.1) is 0 Å². The third-order valence-electron chi connectivity index (χ3n) is 2.88. The molecule has 0 aliphatic heterocycles. The first-order chi connectivity index (χ1) is 8.97. The molecule has 7 N–H and O–H groups in total. The highest BCUT2D eigenvalue weighted by Crippen LogP contribution is 2.13. The quantitative estimate of drug-likeness (QED) is 0.559. The van der Waals surface area contributed by atoms with Crippen molar-refractivity contribution in [1.82, 2.24) is 0 Å². The minimum absolute atomic E-state index is 0.125. The van der Waals surface area contributed by atoms with Gasteiger partial charge in [-0.1, -0.05) is 18.2 Å². The van der Waals surface area contributed by atoms with E-state index in [9.17, 15) is 0 Å². The fraction of sp³-hybridized carbons (Fsp3) is 0.600. The SMILES string of the molecule is CC(C)(N)C(C)(C)N.Cc1ccccc1O.OCCO. The molecule has 0 aromatic heterocycles. The van der Waals surface area contributed by atoms with Crippen LogP contribution in [0, 0.1) is 6.92 Å². The van der Waals surface area contributed by atoms with E-state index >= 15 is 0 Å². The van der Waals surface area contributed by atoms with Gasteiger partial charge in [0.1, 0.15) is 5.75 Å². The van der Waals surface area contributed by atoms with Crippen molar-refractivity contribution in [2.24, 2.45) is 11.5 Å². The van der Waals surface area contributed by atoms with Crippen LogP contribution in [0.15, 0.2) is 24.3 Å². The van der Waals surface area contributed by atoms with E-state index < -0.39 is 0 Å². The smallest absolute Gasteiger partial charge is 0.118 e. The van der Waals surface area contributed by atoms with Gasteiger partial charge in [-0.05, 0) is 46.2 Å². The molecule has 0 heterocycles. The second kappa shape index (κ2) is 9.72. The zero-order chi connectivity index (χ0) is 16.4. The molecule has 0 saturated carbocycles. The highest BCUT2D eigenvalue weighted by molar-refractivity contribution is 5.29. The Morgan fingerprint density at radius 1 is 0.900 bits per heavy atom. The molecule has 5 heteroatoms. The number of para-hydroxylation sites is 1. The number of hydrogen-bond acceptors (Lipinski definition) is 5. The van der Waals surface area contributed by atoms with Gasteiger partial charge in [0.15, 0.2) is 0 Å². The van der Waals surface area contributed by atoms with Crippen LogP contribution in [0.5, 0.6) is 5.75 Å². The summed E-state index contributed by atoms with van der Waals surface area (Å²) in [6.07, 6.45) is 0. The standard InChI is InChI=1S/C7H8O.C6H16N2.C2H6O2/c1-6-4-2-3-5-7(6)8;1-5(2,7)6(3,4)8;3-1-2-4/h2-5,8H,1H3;7-8H2,1-4H3;3-4H,1-2H2. The summed E-state index contributed by atoms with van der Waals surface area (Å²) in [5, 5.41) is 24.2. The lowest BCUT2D eigenvalue weighted by molar-refractivity contribution is 0.186. The second-order valence-electron chi connectivity index (χ2n) is 5.68. The molecule has 0 unspecified atom stereocenters. The van der Waals surface area contributed by atoms with E-state index in [4.69, 9.17) is 26.8 Å². The van der Waals surface area contributed by atoms with Crippen molar-refractivity contribution in [1.29, 1.82) is 0 Å². The summed E-state index contributed by atoms with van der Waals surface area (Å²) in [7, 11) is 0. The number of phenols is 1. The first-order valence-electron chi connectivity index (χ1n) is 6.51. The topological polar surface area (TPSA) is 113 Å². The fourth-order valence-electron chi connectivity index (χ4n) is 0.563. The lowest BCUT2D eigenvalue weighted by Crippen LogP contribution is -2.58. The van der Waals surface area contributed by atoms with Crippen LogP contribution in [0.2, 0.25) is 0 Å². The molecule has 0 amide bonds. The van der Waals surface area contributed by atoms with Gasteiger partial charge in [0.25, 0.3) is 0 Å². The van der Waals surface area contributed by atoms with Gasteiger partial charge >= 0.3 is 0 Å².